The maximum Gasteiger partial charge on any atom is 0.0300 e. The van der Waals surface area contributed by atoms with Crippen LogP contribution in [-0.2, 0) is 6.54 Å². The van der Waals surface area contributed by atoms with Gasteiger partial charge in [0.1, 0.15) is 0 Å². The summed E-state index contributed by atoms with van der Waals surface area (Å²) >= 11 is 0. The number of pyridine rings is 1. The average molecular weight is 233 g/mol. The zero-order valence-electron chi connectivity index (χ0n) is 10.9. The van der Waals surface area contributed by atoms with Crippen LogP contribution in [0.1, 0.15) is 37.3 Å². The van der Waals surface area contributed by atoms with Gasteiger partial charge in [-0.3, -0.25) is 4.98 Å². The van der Waals surface area contributed by atoms with E-state index < -0.39 is 0 Å². The number of rotatable bonds is 5. The molecule has 3 heteroatoms. The van der Waals surface area contributed by atoms with Gasteiger partial charge in [0.15, 0.2) is 0 Å². The largest absolute Gasteiger partial charge is 0.314 e. The molecule has 17 heavy (non-hydrogen) atoms. The van der Waals surface area contributed by atoms with Gasteiger partial charge >= 0.3 is 0 Å². The van der Waals surface area contributed by atoms with Crippen molar-refractivity contribution in [2.24, 2.45) is 0 Å². The van der Waals surface area contributed by atoms with Crippen LogP contribution in [-0.4, -0.2) is 23.6 Å². The molecule has 0 radical (unpaired) electrons. The first-order valence-corrected chi connectivity index (χ1v) is 6.62. The third-order valence-electron chi connectivity index (χ3n) is 3.58. The first kappa shape index (κ1) is 12.5. The van der Waals surface area contributed by atoms with Crippen LogP contribution < -0.4 is 10.6 Å². The Morgan fingerprint density at radius 1 is 1.59 bits per heavy atom. The van der Waals surface area contributed by atoms with E-state index in [0.717, 1.165) is 12.6 Å². The Balaban J connectivity index is 1.75. The lowest BCUT2D eigenvalue weighted by Crippen LogP contribution is -2.33. The smallest absolute Gasteiger partial charge is 0.0300 e. The van der Waals surface area contributed by atoms with Crippen molar-refractivity contribution in [1.29, 1.82) is 0 Å². The maximum absolute atomic E-state index is 4.12. The highest BCUT2D eigenvalue weighted by atomic mass is 15.0. The number of hydrogen-bond donors (Lipinski definition) is 2. The molecule has 0 spiro atoms. The molecule has 2 unspecified atom stereocenters. The summed E-state index contributed by atoms with van der Waals surface area (Å²) in [7, 11) is 0. The van der Waals surface area contributed by atoms with Crippen molar-refractivity contribution < 1.29 is 0 Å². The lowest BCUT2D eigenvalue weighted by Gasteiger charge is -2.18. The second kappa shape index (κ2) is 6.12. The summed E-state index contributed by atoms with van der Waals surface area (Å²) in [5, 5.41) is 7.15. The van der Waals surface area contributed by atoms with Gasteiger partial charge in [-0.25, -0.2) is 0 Å². The Morgan fingerprint density at radius 3 is 3.18 bits per heavy atom. The highest BCUT2D eigenvalue weighted by Crippen LogP contribution is 2.11. The fourth-order valence-corrected chi connectivity index (χ4v) is 2.45. The highest BCUT2D eigenvalue weighted by molar-refractivity contribution is 5.21. The summed E-state index contributed by atoms with van der Waals surface area (Å²) in [5.41, 5.74) is 2.62. The van der Waals surface area contributed by atoms with Crippen LogP contribution in [0.2, 0.25) is 0 Å². The number of aryl methyl sites for hydroxylation is 1. The minimum absolute atomic E-state index is 0.568. The van der Waals surface area contributed by atoms with E-state index in [2.05, 4.69) is 35.5 Å². The Hall–Kier alpha value is -0.930. The van der Waals surface area contributed by atoms with Crippen molar-refractivity contribution in [3.05, 3.63) is 29.6 Å². The molecule has 2 heterocycles. The van der Waals surface area contributed by atoms with Crippen molar-refractivity contribution in [3.63, 3.8) is 0 Å². The van der Waals surface area contributed by atoms with E-state index in [0.29, 0.717) is 6.04 Å². The van der Waals surface area contributed by atoms with Gasteiger partial charge in [-0.1, -0.05) is 0 Å². The van der Waals surface area contributed by atoms with Gasteiger partial charge in [-0.15, -0.1) is 0 Å². The summed E-state index contributed by atoms with van der Waals surface area (Å²) in [6.07, 6.45) is 7.69. The number of aromatic nitrogens is 1. The lowest BCUT2D eigenvalue weighted by molar-refractivity contribution is 0.439. The molecule has 1 aliphatic rings. The van der Waals surface area contributed by atoms with Gasteiger partial charge < -0.3 is 10.6 Å². The van der Waals surface area contributed by atoms with Gasteiger partial charge in [0.25, 0.3) is 0 Å². The van der Waals surface area contributed by atoms with Crippen LogP contribution in [0.5, 0.6) is 0 Å². The molecule has 94 valence electrons. The van der Waals surface area contributed by atoms with Crippen molar-refractivity contribution >= 4 is 0 Å². The molecule has 1 aromatic heterocycles. The van der Waals surface area contributed by atoms with Crippen LogP contribution in [0.15, 0.2) is 18.5 Å². The Labute approximate surface area is 104 Å². The van der Waals surface area contributed by atoms with E-state index >= 15 is 0 Å². The first-order valence-electron chi connectivity index (χ1n) is 6.62. The lowest BCUT2D eigenvalue weighted by atomic mass is 10.1. The zero-order chi connectivity index (χ0) is 12.1. The highest BCUT2D eigenvalue weighted by Gasteiger charge is 2.16. The standard InChI is InChI=1S/C14H23N3/c1-11-9-15-7-5-13(11)10-17-12(2)8-14-4-3-6-16-14/h5,7,9,12,14,16-17H,3-4,6,8,10H2,1-2H3. The Bertz CT molecular complexity index is 345. The molecule has 0 bridgehead atoms. The van der Waals surface area contributed by atoms with E-state index in [4.69, 9.17) is 0 Å². The predicted octanol–water partition coefficient (Wildman–Crippen LogP) is 2.01. The molecule has 2 atom stereocenters. The fraction of sp³-hybridized carbons (Fsp3) is 0.643. The third-order valence-corrected chi connectivity index (χ3v) is 3.58. The topological polar surface area (TPSA) is 37.0 Å². The van der Waals surface area contributed by atoms with Crippen LogP contribution in [0.4, 0.5) is 0 Å². The molecule has 0 saturated carbocycles. The van der Waals surface area contributed by atoms with Crippen molar-refractivity contribution in [2.45, 2.75) is 51.7 Å². The summed E-state index contributed by atoms with van der Waals surface area (Å²) in [5.74, 6) is 0. The minimum Gasteiger partial charge on any atom is -0.314 e. The van der Waals surface area contributed by atoms with Gasteiger partial charge in [-0.05, 0) is 56.8 Å². The molecule has 0 aromatic carbocycles. The zero-order valence-corrected chi connectivity index (χ0v) is 10.9. The minimum atomic E-state index is 0.568. The average Bonchev–Trinajstić information content (AvgIpc) is 2.81. The maximum atomic E-state index is 4.12. The molecule has 0 aliphatic carbocycles. The molecule has 1 fully saturated rings. The molecule has 1 saturated heterocycles. The van der Waals surface area contributed by atoms with Crippen LogP contribution in [0.3, 0.4) is 0 Å². The summed E-state index contributed by atoms with van der Waals surface area (Å²) in [6, 6.07) is 3.39. The van der Waals surface area contributed by atoms with Crippen LogP contribution in [0, 0.1) is 6.92 Å². The number of nitrogens with one attached hydrogen (secondary N) is 2. The number of hydrogen-bond acceptors (Lipinski definition) is 3. The summed E-state index contributed by atoms with van der Waals surface area (Å²) in [4.78, 5) is 4.12. The Kier molecular flexibility index (Phi) is 4.51. The SMILES string of the molecule is Cc1cnccc1CNC(C)CC1CCCN1. The Morgan fingerprint density at radius 2 is 2.47 bits per heavy atom. The molecular formula is C14H23N3. The summed E-state index contributed by atoms with van der Waals surface area (Å²) in [6.45, 7) is 6.53. The van der Waals surface area contributed by atoms with E-state index in [1.807, 2.05) is 12.4 Å². The molecule has 0 amide bonds. The van der Waals surface area contributed by atoms with Crippen LogP contribution >= 0.6 is 0 Å². The predicted molar refractivity (Wildman–Crippen MR) is 70.9 cm³/mol. The molecule has 2 rings (SSSR count). The molecule has 2 N–H and O–H groups in total. The molecular weight excluding hydrogens is 210 g/mol. The summed E-state index contributed by atoms with van der Waals surface area (Å²) < 4.78 is 0. The van der Waals surface area contributed by atoms with Gasteiger partial charge in [0.2, 0.25) is 0 Å². The van der Waals surface area contributed by atoms with Crippen LogP contribution in [0.25, 0.3) is 0 Å². The monoisotopic (exact) mass is 233 g/mol. The molecule has 3 nitrogen and oxygen atoms in total. The van der Waals surface area contributed by atoms with Gasteiger partial charge in [0.05, 0.1) is 0 Å². The van der Waals surface area contributed by atoms with E-state index in [9.17, 15) is 0 Å². The second-order valence-corrected chi connectivity index (χ2v) is 5.11. The van der Waals surface area contributed by atoms with E-state index in [1.165, 1.54) is 36.9 Å². The van der Waals surface area contributed by atoms with Gasteiger partial charge in [0, 0.05) is 31.0 Å². The fourth-order valence-electron chi connectivity index (χ4n) is 2.45. The van der Waals surface area contributed by atoms with Gasteiger partial charge in [-0.2, -0.15) is 0 Å². The molecule has 1 aliphatic heterocycles. The van der Waals surface area contributed by atoms with E-state index in [1.54, 1.807) is 0 Å². The second-order valence-electron chi connectivity index (χ2n) is 5.11. The van der Waals surface area contributed by atoms with Crippen molar-refractivity contribution in [2.75, 3.05) is 6.54 Å². The third kappa shape index (κ3) is 3.79. The molecule has 1 aromatic rings. The first-order chi connectivity index (χ1) is 8.25. The normalized spacial score (nSPS) is 21.6. The quantitative estimate of drug-likeness (QED) is 0.817. The van der Waals surface area contributed by atoms with Crippen molar-refractivity contribution in [1.82, 2.24) is 15.6 Å². The number of nitrogens with zero attached hydrogens (tertiary/aromatic N) is 1. The van der Waals surface area contributed by atoms with Crippen molar-refractivity contribution in [3.8, 4) is 0 Å². The van der Waals surface area contributed by atoms with E-state index in [-0.39, 0.29) is 0 Å².